The van der Waals surface area contributed by atoms with Gasteiger partial charge in [0, 0.05) is 37.3 Å². The van der Waals surface area contributed by atoms with Gasteiger partial charge in [-0.15, -0.1) is 0 Å². The van der Waals surface area contributed by atoms with E-state index in [1.807, 2.05) is 60.7 Å². The van der Waals surface area contributed by atoms with E-state index in [-0.39, 0.29) is 38.6 Å². The van der Waals surface area contributed by atoms with Gasteiger partial charge in [0.2, 0.25) is 5.91 Å². The lowest BCUT2D eigenvalue weighted by atomic mass is 10.1. The van der Waals surface area contributed by atoms with Crippen LogP contribution in [0.4, 0.5) is 0 Å². The molecule has 2 aromatic rings. The van der Waals surface area contributed by atoms with Gasteiger partial charge in [-0.3, -0.25) is 43.6 Å². The molecule has 0 aromatic heterocycles. The molecule has 0 spiro atoms. The zero-order valence-electron chi connectivity index (χ0n) is 22.3. The van der Waals surface area contributed by atoms with Gasteiger partial charge in [-0.05, 0) is 0 Å². The molecule has 0 fully saturated rings. The Balaban J connectivity index is 1.69. The van der Waals surface area contributed by atoms with Crippen molar-refractivity contribution in [1.82, 2.24) is 19.6 Å². The van der Waals surface area contributed by atoms with E-state index >= 15 is 0 Å². The second-order valence-corrected chi connectivity index (χ2v) is 9.43. The smallest absolute Gasteiger partial charge is 0.317 e. The number of carbonyl (C=O) groups excluding carboxylic acids is 1. The maximum Gasteiger partial charge on any atom is 0.317 e. The summed E-state index contributed by atoms with van der Waals surface area (Å²) in [5, 5.41) is 36.9. The van der Waals surface area contributed by atoms with E-state index in [1.54, 1.807) is 4.90 Å². The highest BCUT2D eigenvalue weighted by molar-refractivity contribution is 6.16. The molecular weight excluding hydrogens is 536 g/mol. The van der Waals surface area contributed by atoms with Crippen LogP contribution in [-0.2, 0) is 24.0 Å². The summed E-state index contributed by atoms with van der Waals surface area (Å²) in [7, 11) is 0. The van der Waals surface area contributed by atoms with Crippen LogP contribution in [0, 0.1) is 0 Å². The number of amides is 1. The minimum absolute atomic E-state index is 0.0196. The quantitative estimate of drug-likeness (QED) is 0.197. The van der Waals surface area contributed by atoms with Gasteiger partial charge in [-0.25, -0.2) is 0 Å². The van der Waals surface area contributed by atoms with Crippen LogP contribution in [0.1, 0.15) is 11.1 Å². The van der Waals surface area contributed by atoms with E-state index in [9.17, 15) is 34.2 Å². The number of carboxylic acid groups (broad SMARTS) is 4. The number of nitrogens with zero attached hydrogens (tertiary/aromatic N) is 4. The topological polar surface area (TPSA) is 179 Å². The van der Waals surface area contributed by atoms with Gasteiger partial charge in [0.1, 0.15) is 0 Å². The first-order valence-electron chi connectivity index (χ1n) is 12.8. The van der Waals surface area contributed by atoms with Gasteiger partial charge >= 0.3 is 23.9 Å². The molecule has 4 N–H and O–H groups in total. The lowest BCUT2D eigenvalue weighted by Gasteiger charge is -2.27. The molecule has 0 aliphatic carbocycles. The van der Waals surface area contributed by atoms with Crippen molar-refractivity contribution in [2.75, 3.05) is 58.9 Å². The van der Waals surface area contributed by atoms with Gasteiger partial charge in [-0.2, -0.15) is 0 Å². The van der Waals surface area contributed by atoms with Crippen molar-refractivity contribution in [3.8, 4) is 0 Å². The molecule has 2 aromatic carbocycles. The van der Waals surface area contributed by atoms with E-state index in [1.165, 1.54) is 9.80 Å². The van der Waals surface area contributed by atoms with Gasteiger partial charge < -0.3 is 20.4 Å². The minimum atomic E-state index is -1.23. The third kappa shape index (κ3) is 9.83. The monoisotopic (exact) mass is 568 g/mol. The van der Waals surface area contributed by atoms with Crippen molar-refractivity contribution >= 4 is 41.2 Å². The zero-order valence-corrected chi connectivity index (χ0v) is 22.3. The van der Waals surface area contributed by atoms with E-state index in [4.69, 9.17) is 10.2 Å². The molecule has 0 atom stereocenters. The van der Waals surface area contributed by atoms with Crippen molar-refractivity contribution in [3.05, 3.63) is 71.8 Å². The summed E-state index contributed by atoms with van der Waals surface area (Å²) in [5.41, 5.74) is 3.12. The molecule has 0 saturated heterocycles. The highest BCUT2D eigenvalue weighted by Gasteiger charge is 2.40. The standard InChI is InChI=1S/C28H32N4O9/c33-22(32-27(20-7-3-1-4-8-20)28(32)21-9-5-2-6-10-21)15-30(17-24(36)37)13-11-29(16-23(34)35)12-14-31(18-25(38)39)19-26(40)41/h1-10H,11-19H2,(H,34,35)(H,36,37)(H,38,39)(H,40,41). The molecular formula is C28H32N4O9. The lowest BCUT2D eigenvalue weighted by molar-refractivity contribution is -0.143. The van der Waals surface area contributed by atoms with Crippen LogP contribution in [0.15, 0.2) is 60.7 Å². The largest absolute Gasteiger partial charge is 0.480 e. The third-order valence-electron chi connectivity index (χ3n) is 6.22. The number of hydrogen-bond donors (Lipinski definition) is 4. The molecule has 0 saturated carbocycles. The van der Waals surface area contributed by atoms with E-state index in [0.717, 1.165) is 27.4 Å². The number of aliphatic carboxylic acids is 4. The Hall–Kier alpha value is -4.59. The van der Waals surface area contributed by atoms with Crippen LogP contribution in [0.3, 0.4) is 0 Å². The van der Waals surface area contributed by atoms with Crippen molar-refractivity contribution in [2.45, 2.75) is 0 Å². The maximum atomic E-state index is 13.4. The lowest BCUT2D eigenvalue weighted by Crippen LogP contribution is -2.46. The van der Waals surface area contributed by atoms with Gasteiger partial charge in [0.15, 0.2) is 0 Å². The number of carboxylic acids is 4. The van der Waals surface area contributed by atoms with Crippen LogP contribution in [0.5, 0.6) is 0 Å². The summed E-state index contributed by atoms with van der Waals surface area (Å²) >= 11 is 0. The SMILES string of the molecule is O=C(O)CN(CCN(CC(=O)O)CC(=O)O)CCN(CC(=O)O)CC(=O)N1C(c2ccccc2)=C1c1ccccc1. The fourth-order valence-electron chi connectivity index (χ4n) is 4.43. The first-order chi connectivity index (χ1) is 19.5. The first-order valence-corrected chi connectivity index (χ1v) is 12.8. The number of rotatable bonds is 18. The van der Waals surface area contributed by atoms with Crippen LogP contribution in [0.2, 0.25) is 0 Å². The van der Waals surface area contributed by atoms with Crippen molar-refractivity contribution in [1.29, 1.82) is 0 Å². The molecule has 1 heterocycles. The second kappa shape index (κ2) is 14.7. The van der Waals surface area contributed by atoms with Gasteiger partial charge in [0.05, 0.1) is 44.1 Å². The molecule has 13 nitrogen and oxygen atoms in total. The maximum absolute atomic E-state index is 13.4. The van der Waals surface area contributed by atoms with E-state index in [0.29, 0.717) is 0 Å². The third-order valence-corrected chi connectivity index (χ3v) is 6.22. The Kier molecular flexibility index (Phi) is 11.1. The molecule has 1 aliphatic rings. The average Bonchev–Trinajstić information content (AvgIpc) is 3.66. The summed E-state index contributed by atoms with van der Waals surface area (Å²) in [6.45, 7) is -2.17. The molecule has 1 aliphatic heterocycles. The summed E-state index contributed by atoms with van der Waals surface area (Å²) in [4.78, 5) is 64.1. The molecule has 0 bridgehead atoms. The minimum Gasteiger partial charge on any atom is -0.480 e. The van der Waals surface area contributed by atoms with Gasteiger partial charge in [-0.1, -0.05) is 60.7 Å². The second-order valence-electron chi connectivity index (χ2n) is 9.43. The number of hydrogen-bond acceptors (Lipinski definition) is 8. The van der Waals surface area contributed by atoms with Crippen LogP contribution in [0.25, 0.3) is 11.4 Å². The fourth-order valence-corrected chi connectivity index (χ4v) is 4.43. The molecule has 0 unspecified atom stereocenters. The highest BCUT2D eigenvalue weighted by Crippen LogP contribution is 2.47. The van der Waals surface area contributed by atoms with Crippen LogP contribution in [-0.4, -0.2) is 129 Å². The molecule has 218 valence electrons. The molecule has 1 amide bonds. The highest BCUT2D eigenvalue weighted by atomic mass is 16.4. The predicted molar refractivity (Wildman–Crippen MR) is 146 cm³/mol. The number of carbonyl (C=O) groups is 5. The first kappa shape index (κ1) is 30.9. The van der Waals surface area contributed by atoms with Crippen molar-refractivity contribution in [3.63, 3.8) is 0 Å². The molecule has 3 rings (SSSR count). The summed E-state index contributed by atoms with van der Waals surface area (Å²) in [6.07, 6.45) is 0. The van der Waals surface area contributed by atoms with Crippen LogP contribution < -0.4 is 0 Å². The Bertz CT molecular complexity index is 1220. The Labute approximate surface area is 236 Å². The molecule has 13 heteroatoms. The van der Waals surface area contributed by atoms with Crippen molar-refractivity contribution < 1.29 is 44.4 Å². The Morgan fingerprint density at radius 1 is 0.488 bits per heavy atom. The zero-order chi connectivity index (χ0) is 29.9. The fraction of sp³-hybridized carbons (Fsp3) is 0.321. The molecule has 0 radical (unpaired) electrons. The average molecular weight is 569 g/mol. The predicted octanol–water partition coefficient (Wildman–Crippen LogP) is 0.599. The summed E-state index contributed by atoms with van der Waals surface area (Å²) in [5.74, 6) is -5.13. The van der Waals surface area contributed by atoms with Crippen LogP contribution >= 0.6 is 0 Å². The summed E-state index contributed by atoms with van der Waals surface area (Å²) < 4.78 is 0. The van der Waals surface area contributed by atoms with E-state index in [2.05, 4.69) is 0 Å². The Morgan fingerprint density at radius 3 is 1.17 bits per heavy atom. The van der Waals surface area contributed by atoms with E-state index < -0.39 is 50.1 Å². The van der Waals surface area contributed by atoms with Gasteiger partial charge in [0.25, 0.3) is 0 Å². The normalized spacial score (nSPS) is 12.7. The Morgan fingerprint density at radius 2 is 0.805 bits per heavy atom. The molecule has 41 heavy (non-hydrogen) atoms. The van der Waals surface area contributed by atoms with Crippen molar-refractivity contribution in [2.24, 2.45) is 0 Å². The summed E-state index contributed by atoms with van der Waals surface area (Å²) in [6, 6.07) is 18.7. The number of benzene rings is 2.